The number of carboxylic acid groups (broad SMARTS) is 1. The Morgan fingerprint density at radius 1 is 1.29 bits per heavy atom. The van der Waals surface area contributed by atoms with Crippen LogP contribution >= 0.6 is 0 Å². The third kappa shape index (κ3) is 3.33. The summed E-state index contributed by atoms with van der Waals surface area (Å²) in [7, 11) is 1.45. The smallest absolute Gasteiger partial charge is 0.338 e. The number of carbonyl (C=O) groups excluding carboxylic acids is 1. The molecule has 2 aromatic rings. The number of anilines is 1. The number of nitrogens with one attached hydrogen (secondary N) is 1. The molecule has 0 unspecified atom stereocenters. The Morgan fingerprint density at radius 3 is 2.57 bits per heavy atom. The van der Waals surface area contributed by atoms with Crippen molar-refractivity contribution in [2.45, 2.75) is 0 Å². The molecule has 0 atom stereocenters. The van der Waals surface area contributed by atoms with Crippen LogP contribution in [0.15, 0.2) is 36.5 Å². The highest BCUT2D eigenvalue weighted by Crippen LogP contribution is 2.16. The minimum atomic E-state index is -1.37. The molecule has 1 amide bonds. The first-order valence-corrected chi connectivity index (χ1v) is 5.85. The molecule has 0 spiro atoms. The number of benzene rings is 1. The second kappa shape index (κ2) is 6.00. The van der Waals surface area contributed by atoms with Gasteiger partial charge in [-0.2, -0.15) is 0 Å². The topological polar surface area (TPSA) is 88.5 Å². The van der Waals surface area contributed by atoms with Gasteiger partial charge in [0, 0.05) is 18.0 Å². The van der Waals surface area contributed by atoms with E-state index in [1.54, 1.807) is 0 Å². The van der Waals surface area contributed by atoms with Gasteiger partial charge < -0.3 is 15.2 Å². The van der Waals surface area contributed by atoms with E-state index in [2.05, 4.69) is 10.3 Å². The number of ether oxygens (including phenoxy) is 1. The summed E-state index contributed by atoms with van der Waals surface area (Å²) in [5, 5.41) is 11.2. The minimum Gasteiger partial charge on any atom is -0.481 e. The van der Waals surface area contributed by atoms with Crippen LogP contribution in [0.1, 0.15) is 20.7 Å². The molecule has 0 bridgehead atoms. The van der Waals surface area contributed by atoms with Crippen molar-refractivity contribution >= 4 is 17.6 Å². The summed E-state index contributed by atoms with van der Waals surface area (Å²) in [6.07, 6.45) is 1.32. The lowest BCUT2D eigenvalue weighted by Gasteiger charge is -2.06. The number of pyridine rings is 1. The molecule has 0 aliphatic heterocycles. The number of amides is 1. The van der Waals surface area contributed by atoms with Gasteiger partial charge in [-0.15, -0.1) is 0 Å². The Bertz CT molecular complexity index is 686. The van der Waals surface area contributed by atoms with E-state index >= 15 is 0 Å². The zero-order chi connectivity index (χ0) is 15.4. The van der Waals surface area contributed by atoms with Crippen LogP contribution in [0.5, 0.6) is 5.88 Å². The number of carboxylic acids is 1. The van der Waals surface area contributed by atoms with Crippen molar-refractivity contribution in [2.75, 3.05) is 12.4 Å². The molecule has 2 N–H and O–H groups in total. The number of hydrogen-bond acceptors (Lipinski definition) is 4. The van der Waals surface area contributed by atoms with E-state index in [-0.39, 0.29) is 11.3 Å². The van der Waals surface area contributed by atoms with Crippen molar-refractivity contribution in [3.05, 3.63) is 53.5 Å². The molecule has 0 aliphatic rings. The van der Waals surface area contributed by atoms with Gasteiger partial charge in [-0.1, -0.05) is 0 Å². The molecule has 2 rings (SSSR count). The lowest BCUT2D eigenvalue weighted by Crippen LogP contribution is -2.13. The average molecular weight is 290 g/mol. The molecule has 21 heavy (non-hydrogen) atoms. The van der Waals surface area contributed by atoms with Crippen molar-refractivity contribution in [2.24, 2.45) is 0 Å². The monoisotopic (exact) mass is 290 g/mol. The summed E-state index contributed by atoms with van der Waals surface area (Å²) in [4.78, 5) is 26.5. The number of aromatic carboxylic acids is 1. The largest absolute Gasteiger partial charge is 0.481 e. The Kier molecular flexibility index (Phi) is 4.13. The van der Waals surface area contributed by atoms with E-state index in [1.165, 1.54) is 31.5 Å². The van der Waals surface area contributed by atoms with Crippen LogP contribution in [0.25, 0.3) is 0 Å². The van der Waals surface area contributed by atoms with Crippen LogP contribution in [0.4, 0.5) is 10.1 Å². The molecule has 108 valence electrons. The van der Waals surface area contributed by atoms with E-state index in [9.17, 15) is 14.0 Å². The molecule has 6 nitrogen and oxygen atoms in total. The van der Waals surface area contributed by atoms with Gasteiger partial charge in [-0.3, -0.25) is 4.79 Å². The number of methoxy groups -OCH3 is 1. The van der Waals surface area contributed by atoms with E-state index in [1.807, 2.05) is 0 Å². The predicted octanol–water partition coefficient (Wildman–Crippen LogP) is 2.18. The number of halogens is 1. The molecule has 1 aromatic heterocycles. The normalized spacial score (nSPS) is 10.0. The van der Waals surface area contributed by atoms with Crippen LogP contribution in [0.2, 0.25) is 0 Å². The van der Waals surface area contributed by atoms with Crippen LogP contribution < -0.4 is 10.1 Å². The highest BCUT2D eigenvalue weighted by Gasteiger charge is 2.12. The number of nitrogens with zero attached hydrogens (tertiary/aromatic N) is 1. The summed E-state index contributed by atoms with van der Waals surface area (Å²) in [5.74, 6) is -2.42. The van der Waals surface area contributed by atoms with Gasteiger partial charge in [0.05, 0.1) is 18.2 Å². The van der Waals surface area contributed by atoms with Gasteiger partial charge in [0.1, 0.15) is 5.82 Å². The molecule has 0 radical (unpaired) electrons. The second-order valence-corrected chi connectivity index (χ2v) is 4.04. The lowest BCUT2D eigenvalue weighted by atomic mass is 10.2. The number of aromatic nitrogens is 1. The van der Waals surface area contributed by atoms with Crippen LogP contribution in [-0.2, 0) is 0 Å². The molecule has 0 saturated heterocycles. The van der Waals surface area contributed by atoms with Crippen LogP contribution in [0.3, 0.4) is 0 Å². The number of rotatable bonds is 4. The molecule has 0 saturated carbocycles. The highest BCUT2D eigenvalue weighted by molar-refractivity contribution is 6.04. The van der Waals surface area contributed by atoms with Gasteiger partial charge >= 0.3 is 5.97 Å². The predicted molar refractivity (Wildman–Crippen MR) is 72.1 cm³/mol. The zero-order valence-electron chi connectivity index (χ0n) is 11.0. The average Bonchev–Trinajstić information content (AvgIpc) is 2.47. The first-order valence-electron chi connectivity index (χ1n) is 5.85. The van der Waals surface area contributed by atoms with Gasteiger partial charge in [-0.25, -0.2) is 14.2 Å². The molecule has 0 aliphatic carbocycles. The van der Waals surface area contributed by atoms with Crippen molar-refractivity contribution in [3.8, 4) is 5.88 Å². The van der Waals surface area contributed by atoms with E-state index in [0.29, 0.717) is 5.88 Å². The minimum absolute atomic E-state index is 0.151. The molecular weight excluding hydrogens is 279 g/mol. The molecule has 1 aromatic carbocycles. The Morgan fingerprint density at radius 2 is 2.05 bits per heavy atom. The third-order valence-electron chi connectivity index (χ3n) is 2.67. The van der Waals surface area contributed by atoms with Crippen molar-refractivity contribution in [1.29, 1.82) is 0 Å². The molecule has 0 fully saturated rings. The van der Waals surface area contributed by atoms with Gasteiger partial charge in [0.25, 0.3) is 5.91 Å². The van der Waals surface area contributed by atoms with Gasteiger partial charge in [0.15, 0.2) is 0 Å². The summed E-state index contributed by atoms with van der Waals surface area (Å²) in [5.41, 5.74) is -0.0454. The first kappa shape index (κ1) is 14.4. The van der Waals surface area contributed by atoms with Gasteiger partial charge in [-0.05, 0) is 24.3 Å². The first-order chi connectivity index (χ1) is 10.0. The fraction of sp³-hybridized carbons (Fsp3) is 0.0714. The third-order valence-corrected chi connectivity index (χ3v) is 2.67. The van der Waals surface area contributed by atoms with E-state index < -0.39 is 23.3 Å². The van der Waals surface area contributed by atoms with Crippen LogP contribution in [0, 0.1) is 5.82 Å². The maximum Gasteiger partial charge on any atom is 0.338 e. The molecule has 7 heteroatoms. The Balaban J connectivity index is 2.15. The standard InChI is InChI=1S/C14H11FN2O4/c1-21-12-5-2-8(7-16-12)13(18)17-9-3-4-10(14(19)20)11(15)6-9/h2-7H,1H3,(H,17,18)(H,19,20). The number of carbonyl (C=O) groups is 2. The Hall–Kier alpha value is -2.96. The van der Waals surface area contributed by atoms with E-state index in [4.69, 9.17) is 9.84 Å². The fourth-order valence-electron chi connectivity index (χ4n) is 1.60. The number of hydrogen-bond donors (Lipinski definition) is 2. The SMILES string of the molecule is COc1ccc(C(=O)Nc2ccc(C(=O)O)c(F)c2)cn1. The van der Waals surface area contributed by atoms with Crippen molar-refractivity contribution in [3.63, 3.8) is 0 Å². The van der Waals surface area contributed by atoms with E-state index in [0.717, 1.165) is 12.1 Å². The summed E-state index contributed by atoms with van der Waals surface area (Å²) >= 11 is 0. The zero-order valence-corrected chi connectivity index (χ0v) is 11.0. The lowest BCUT2D eigenvalue weighted by molar-refractivity contribution is 0.0692. The second-order valence-electron chi connectivity index (χ2n) is 4.04. The summed E-state index contributed by atoms with van der Waals surface area (Å²) in [6, 6.07) is 6.35. The highest BCUT2D eigenvalue weighted by atomic mass is 19.1. The van der Waals surface area contributed by atoms with Crippen molar-refractivity contribution < 1.29 is 23.8 Å². The van der Waals surface area contributed by atoms with Crippen LogP contribution in [-0.4, -0.2) is 29.1 Å². The maximum atomic E-state index is 13.5. The summed E-state index contributed by atoms with van der Waals surface area (Å²) < 4.78 is 18.4. The van der Waals surface area contributed by atoms with Gasteiger partial charge in [0.2, 0.25) is 5.88 Å². The fourth-order valence-corrected chi connectivity index (χ4v) is 1.60. The molecule has 1 heterocycles. The summed E-state index contributed by atoms with van der Waals surface area (Å²) in [6.45, 7) is 0. The Labute approximate surface area is 119 Å². The quantitative estimate of drug-likeness (QED) is 0.901. The molecular formula is C14H11FN2O4. The maximum absolute atomic E-state index is 13.5. The van der Waals surface area contributed by atoms with Crippen molar-refractivity contribution in [1.82, 2.24) is 4.98 Å².